The zero-order valence-corrected chi connectivity index (χ0v) is 19.4. The Morgan fingerprint density at radius 2 is 1.81 bits per heavy atom. The summed E-state index contributed by atoms with van der Waals surface area (Å²) in [4.78, 5) is 14.7. The van der Waals surface area contributed by atoms with Gasteiger partial charge in [-0.3, -0.25) is 4.79 Å². The second-order valence-corrected chi connectivity index (χ2v) is 15.3. The molecule has 1 aliphatic rings. The Morgan fingerprint density at radius 3 is 2.30 bits per heavy atom. The van der Waals surface area contributed by atoms with Gasteiger partial charge in [0.2, 0.25) is 5.91 Å². The minimum Gasteiger partial charge on any atom is -0.393 e. The van der Waals surface area contributed by atoms with E-state index in [9.17, 15) is 9.90 Å². The van der Waals surface area contributed by atoms with Gasteiger partial charge in [0.25, 0.3) is 0 Å². The zero-order chi connectivity index (χ0) is 20.5. The molecule has 0 radical (unpaired) electrons. The lowest BCUT2D eigenvalue weighted by atomic mass is 9.93. The molecular formula is C23H39NO2Si. The average molecular weight is 390 g/mol. The highest BCUT2D eigenvalue weighted by Gasteiger charge is 2.73. The molecule has 0 saturated heterocycles. The lowest BCUT2D eigenvalue weighted by molar-refractivity contribution is -0.131. The molecule has 3 nitrogen and oxygen atoms in total. The van der Waals surface area contributed by atoms with Gasteiger partial charge < -0.3 is 10.0 Å². The summed E-state index contributed by atoms with van der Waals surface area (Å²) in [5.74, 6) is 0.211. The molecule has 2 rings (SSSR count). The van der Waals surface area contributed by atoms with Crippen LogP contribution in [0.15, 0.2) is 30.3 Å². The van der Waals surface area contributed by atoms with E-state index in [1.54, 1.807) is 4.90 Å². The molecule has 1 aliphatic carbocycles. The number of rotatable bonds is 9. The van der Waals surface area contributed by atoms with Gasteiger partial charge in [0, 0.05) is 25.9 Å². The van der Waals surface area contributed by atoms with E-state index in [1.165, 1.54) is 5.56 Å². The predicted molar refractivity (Wildman–Crippen MR) is 116 cm³/mol. The maximum Gasteiger partial charge on any atom is 0.226 e. The molecule has 0 aliphatic heterocycles. The molecular weight excluding hydrogens is 350 g/mol. The first-order chi connectivity index (χ1) is 12.5. The topological polar surface area (TPSA) is 40.5 Å². The fraction of sp³-hybridized carbons (Fsp3) is 0.696. The molecule has 27 heavy (non-hydrogen) atoms. The summed E-state index contributed by atoms with van der Waals surface area (Å²) in [5.41, 5.74) is 1.18. The Labute approximate surface area is 167 Å². The SMILES string of the molecule is CCCC[C@@]1(C)[C@H]([C@](O)(CCc2ccccc2)[Si](C)(C)C)[C@@H]1C(=O)N(C)C. The van der Waals surface area contributed by atoms with E-state index in [-0.39, 0.29) is 23.2 Å². The van der Waals surface area contributed by atoms with Crippen LogP contribution in [0.4, 0.5) is 0 Å². The van der Waals surface area contributed by atoms with Crippen LogP contribution in [0.25, 0.3) is 0 Å². The molecule has 1 fully saturated rings. The molecule has 0 heterocycles. The third-order valence-electron chi connectivity index (χ3n) is 6.87. The number of unbranched alkanes of at least 4 members (excludes halogenated alkanes) is 1. The quantitative estimate of drug-likeness (QED) is 0.619. The number of aliphatic hydroxyl groups is 1. The largest absolute Gasteiger partial charge is 0.393 e. The van der Waals surface area contributed by atoms with Crippen molar-refractivity contribution in [2.45, 2.75) is 70.8 Å². The minimum absolute atomic E-state index is 0.0495. The molecule has 1 aromatic carbocycles. The number of carbonyl (C=O) groups is 1. The van der Waals surface area contributed by atoms with Crippen molar-refractivity contribution in [3.63, 3.8) is 0 Å². The van der Waals surface area contributed by atoms with Crippen molar-refractivity contribution in [3.05, 3.63) is 35.9 Å². The van der Waals surface area contributed by atoms with Crippen LogP contribution in [0.5, 0.6) is 0 Å². The third-order valence-corrected chi connectivity index (χ3v) is 10.0. The molecule has 152 valence electrons. The second-order valence-electron chi connectivity index (χ2n) is 9.96. The van der Waals surface area contributed by atoms with Gasteiger partial charge in [-0.1, -0.05) is 76.7 Å². The summed E-state index contributed by atoms with van der Waals surface area (Å²) in [6.07, 6.45) is 4.88. The number of carbonyl (C=O) groups excluding carboxylic acids is 1. The summed E-state index contributed by atoms with van der Waals surface area (Å²) in [5, 5.41) is 11.3. The van der Waals surface area contributed by atoms with Gasteiger partial charge in [0.1, 0.15) is 0 Å². The van der Waals surface area contributed by atoms with Crippen LogP contribution < -0.4 is 0 Å². The highest BCUT2D eigenvalue weighted by atomic mass is 28.3. The maximum absolute atomic E-state index is 13.0. The Balaban J connectivity index is 2.33. The molecule has 1 saturated carbocycles. The molecule has 0 spiro atoms. The normalized spacial score (nSPS) is 27.1. The van der Waals surface area contributed by atoms with Gasteiger partial charge in [-0.15, -0.1) is 0 Å². The van der Waals surface area contributed by atoms with E-state index >= 15 is 0 Å². The summed E-state index contributed by atoms with van der Waals surface area (Å²) < 4.78 is 0. The van der Waals surface area contributed by atoms with Crippen molar-refractivity contribution in [3.8, 4) is 0 Å². The van der Waals surface area contributed by atoms with Crippen LogP contribution in [0.2, 0.25) is 19.6 Å². The van der Waals surface area contributed by atoms with Crippen molar-refractivity contribution in [1.82, 2.24) is 4.90 Å². The Bertz CT molecular complexity index is 640. The van der Waals surface area contributed by atoms with Gasteiger partial charge in [-0.25, -0.2) is 0 Å². The number of benzene rings is 1. The Kier molecular flexibility index (Phi) is 6.63. The first kappa shape index (κ1) is 22.2. The highest BCUT2D eigenvalue weighted by molar-refractivity contribution is 6.79. The van der Waals surface area contributed by atoms with Crippen LogP contribution >= 0.6 is 0 Å². The molecule has 0 bridgehead atoms. The van der Waals surface area contributed by atoms with Crippen molar-refractivity contribution in [2.24, 2.45) is 17.3 Å². The first-order valence-corrected chi connectivity index (χ1v) is 14.0. The Morgan fingerprint density at radius 1 is 1.22 bits per heavy atom. The minimum atomic E-state index is -1.93. The Hall–Kier alpha value is -1.13. The van der Waals surface area contributed by atoms with Gasteiger partial charge >= 0.3 is 0 Å². The standard InChI is InChI=1S/C23H39NO2Si/c1-8-9-16-22(2)19(21(25)24(3)4)20(22)23(26,27(5,6)7)17-15-18-13-11-10-12-14-18/h10-14,19-20,26H,8-9,15-17H2,1-7H3/t19-,20-,22-,23+/m1/s1. The van der Waals surface area contributed by atoms with Gasteiger partial charge in [0.05, 0.1) is 13.3 Å². The highest BCUT2D eigenvalue weighted by Crippen LogP contribution is 2.68. The molecule has 0 unspecified atom stereocenters. The fourth-order valence-electron chi connectivity index (χ4n) is 4.93. The van der Waals surface area contributed by atoms with E-state index in [4.69, 9.17) is 0 Å². The van der Waals surface area contributed by atoms with Crippen molar-refractivity contribution >= 4 is 14.0 Å². The number of nitrogens with zero attached hydrogens (tertiary/aromatic N) is 1. The van der Waals surface area contributed by atoms with Crippen molar-refractivity contribution in [2.75, 3.05) is 14.1 Å². The molecule has 0 aromatic heterocycles. The number of amides is 1. The van der Waals surface area contributed by atoms with Gasteiger partial charge in [-0.05, 0) is 30.2 Å². The molecule has 4 heteroatoms. The molecule has 1 N–H and O–H groups in total. The smallest absolute Gasteiger partial charge is 0.226 e. The lowest BCUT2D eigenvalue weighted by Gasteiger charge is -2.41. The average Bonchev–Trinajstić information content (AvgIpc) is 3.23. The summed E-state index contributed by atoms with van der Waals surface area (Å²) in [6.45, 7) is 11.2. The first-order valence-electron chi connectivity index (χ1n) is 10.5. The molecule has 4 atom stereocenters. The van der Waals surface area contributed by atoms with E-state index < -0.39 is 13.3 Å². The van der Waals surface area contributed by atoms with Gasteiger partial charge in [0.15, 0.2) is 0 Å². The predicted octanol–water partition coefficient (Wildman–Crippen LogP) is 4.76. The number of aryl methyl sites for hydroxylation is 1. The van der Waals surface area contributed by atoms with Crippen LogP contribution in [0.3, 0.4) is 0 Å². The van der Waals surface area contributed by atoms with Crippen LogP contribution in [-0.4, -0.2) is 43.3 Å². The maximum atomic E-state index is 13.0. The van der Waals surface area contributed by atoms with E-state index in [0.717, 1.165) is 32.1 Å². The monoisotopic (exact) mass is 389 g/mol. The molecule has 1 amide bonds. The van der Waals surface area contributed by atoms with Crippen LogP contribution in [0.1, 0.15) is 45.1 Å². The summed E-state index contributed by atoms with van der Waals surface area (Å²) in [6, 6.07) is 10.4. The lowest BCUT2D eigenvalue weighted by Crippen LogP contribution is -2.56. The van der Waals surface area contributed by atoms with Crippen LogP contribution in [0, 0.1) is 17.3 Å². The van der Waals surface area contributed by atoms with Crippen LogP contribution in [-0.2, 0) is 11.2 Å². The summed E-state index contributed by atoms with van der Waals surface area (Å²) >= 11 is 0. The van der Waals surface area contributed by atoms with E-state index in [0.29, 0.717) is 0 Å². The second kappa shape index (κ2) is 8.08. The zero-order valence-electron chi connectivity index (χ0n) is 18.4. The van der Waals surface area contributed by atoms with E-state index in [2.05, 4.69) is 57.8 Å². The van der Waals surface area contributed by atoms with Crippen molar-refractivity contribution in [1.29, 1.82) is 0 Å². The van der Waals surface area contributed by atoms with Crippen molar-refractivity contribution < 1.29 is 9.90 Å². The van der Waals surface area contributed by atoms with Gasteiger partial charge in [-0.2, -0.15) is 0 Å². The summed E-state index contributed by atoms with van der Waals surface area (Å²) in [7, 11) is 1.75. The molecule has 1 aromatic rings. The number of hydrogen-bond donors (Lipinski definition) is 1. The fourth-order valence-corrected chi connectivity index (χ4v) is 7.24. The number of hydrogen-bond acceptors (Lipinski definition) is 2. The third kappa shape index (κ3) is 4.32. The van der Waals surface area contributed by atoms with E-state index in [1.807, 2.05) is 20.2 Å².